The number of rotatable bonds is 2. The van der Waals surface area contributed by atoms with E-state index in [1.165, 1.54) is 6.07 Å². The Morgan fingerprint density at radius 3 is 2.25 bits per heavy atom. The molecule has 0 saturated carbocycles. The third-order valence-corrected chi connectivity index (χ3v) is 2.56. The fourth-order valence-electron chi connectivity index (χ4n) is 1.71. The fourth-order valence-corrected chi connectivity index (χ4v) is 1.71. The molecular weight excluding hydrogens is 203 g/mol. The summed E-state index contributed by atoms with van der Waals surface area (Å²) in [5.74, 6) is -0.364. The second-order valence-corrected chi connectivity index (χ2v) is 3.63. The Morgan fingerprint density at radius 1 is 0.938 bits per heavy atom. The largest absolute Gasteiger partial charge is 0.398 e. The van der Waals surface area contributed by atoms with Crippen molar-refractivity contribution >= 4 is 5.69 Å². The van der Waals surface area contributed by atoms with Gasteiger partial charge in [-0.2, -0.15) is 0 Å². The van der Waals surface area contributed by atoms with Crippen molar-refractivity contribution in [3.8, 4) is 0 Å². The number of hydrogen-bond donors (Lipinski definition) is 2. The fraction of sp³-hybridized carbons (Fsp3) is 0.0769. The molecule has 0 fully saturated rings. The molecule has 1 atom stereocenters. The van der Waals surface area contributed by atoms with Crippen LogP contribution in [0.1, 0.15) is 17.2 Å². The lowest BCUT2D eigenvalue weighted by molar-refractivity contribution is 0.601. The van der Waals surface area contributed by atoms with Crippen LogP contribution in [0.2, 0.25) is 0 Å². The summed E-state index contributed by atoms with van der Waals surface area (Å²) in [7, 11) is 0. The second-order valence-electron chi connectivity index (χ2n) is 3.63. The van der Waals surface area contributed by atoms with Crippen molar-refractivity contribution in [2.24, 2.45) is 5.73 Å². The topological polar surface area (TPSA) is 52.0 Å². The summed E-state index contributed by atoms with van der Waals surface area (Å²) < 4.78 is 13.6. The maximum absolute atomic E-state index is 13.6. The maximum Gasteiger partial charge on any atom is 0.130 e. The molecule has 2 aromatic carbocycles. The molecule has 0 heterocycles. The van der Waals surface area contributed by atoms with Gasteiger partial charge in [-0.1, -0.05) is 36.4 Å². The first-order chi connectivity index (χ1) is 7.70. The molecule has 4 N–H and O–H groups in total. The van der Waals surface area contributed by atoms with Crippen LogP contribution in [-0.2, 0) is 0 Å². The minimum absolute atomic E-state index is 0.355. The van der Waals surface area contributed by atoms with Gasteiger partial charge >= 0.3 is 0 Å². The highest BCUT2D eigenvalue weighted by Gasteiger charge is 2.15. The van der Waals surface area contributed by atoms with Crippen molar-refractivity contribution in [2.75, 3.05) is 5.73 Å². The second kappa shape index (κ2) is 4.33. The number of anilines is 1. The van der Waals surface area contributed by atoms with Crippen LogP contribution < -0.4 is 11.5 Å². The normalized spacial score (nSPS) is 12.4. The van der Waals surface area contributed by atoms with Crippen molar-refractivity contribution in [2.45, 2.75) is 6.04 Å². The Labute approximate surface area is 93.7 Å². The van der Waals surface area contributed by atoms with Gasteiger partial charge < -0.3 is 11.5 Å². The molecule has 2 aromatic rings. The van der Waals surface area contributed by atoms with Gasteiger partial charge in [-0.3, -0.25) is 0 Å². The zero-order chi connectivity index (χ0) is 11.5. The predicted molar refractivity (Wildman–Crippen MR) is 63.3 cm³/mol. The Bertz CT molecular complexity index is 462. The van der Waals surface area contributed by atoms with Crippen LogP contribution in [0.3, 0.4) is 0 Å². The standard InChI is InChI=1S/C13H13FN2/c14-10-7-4-8-11(15)12(10)13(16)9-5-2-1-3-6-9/h1-8,13H,15-16H2. The molecule has 0 spiro atoms. The third-order valence-electron chi connectivity index (χ3n) is 2.56. The van der Waals surface area contributed by atoms with E-state index in [-0.39, 0.29) is 5.82 Å². The number of hydrogen-bond acceptors (Lipinski definition) is 2. The SMILES string of the molecule is Nc1cccc(F)c1C(N)c1ccccc1. The summed E-state index contributed by atoms with van der Waals surface area (Å²) in [6.45, 7) is 0. The van der Waals surface area contributed by atoms with Gasteiger partial charge in [0.15, 0.2) is 0 Å². The lowest BCUT2D eigenvalue weighted by Gasteiger charge is -2.15. The van der Waals surface area contributed by atoms with Crippen LogP contribution in [0, 0.1) is 5.82 Å². The van der Waals surface area contributed by atoms with E-state index in [1.54, 1.807) is 12.1 Å². The van der Waals surface area contributed by atoms with E-state index >= 15 is 0 Å². The number of nitrogens with two attached hydrogens (primary N) is 2. The van der Waals surface area contributed by atoms with E-state index in [9.17, 15) is 4.39 Å². The van der Waals surface area contributed by atoms with Gasteiger partial charge in [0.1, 0.15) is 5.82 Å². The zero-order valence-corrected chi connectivity index (χ0v) is 8.73. The first-order valence-electron chi connectivity index (χ1n) is 5.04. The van der Waals surface area contributed by atoms with E-state index < -0.39 is 6.04 Å². The van der Waals surface area contributed by atoms with E-state index in [0.717, 1.165) is 5.56 Å². The first-order valence-corrected chi connectivity index (χ1v) is 5.04. The van der Waals surface area contributed by atoms with E-state index in [1.807, 2.05) is 30.3 Å². The molecule has 0 radical (unpaired) electrons. The summed E-state index contributed by atoms with van der Waals surface area (Å²) in [6, 6.07) is 13.4. The quantitative estimate of drug-likeness (QED) is 0.757. The number of nitrogen functional groups attached to an aromatic ring is 1. The molecule has 0 aliphatic heterocycles. The summed E-state index contributed by atoms with van der Waals surface area (Å²) in [5.41, 5.74) is 13.3. The lowest BCUT2D eigenvalue weighted by atomic mass is 9.98. The highest BCUT2D eigenvalue weighted by Crippen LogP contribution is 2.26. The van der Waals surface area contributed by atoms with Crippen molar-refractivity contribution < 1.29 is 4.39 Å². The predicted octanol–water partition coefficient (Wildman–Crippen LogP) is 2.46. The van der Waals surface area contributed by atoms with E-state index in [4.69, 9.17) is 11.5 Å². The molecule has 0 saturated heterocycles. The van der Waals surface area contributed by atoms with Crippen LogP contribution in [0.25, 0.3) is 0 Å². The van der Waals surface area contributed by atoms with Gasteiger partial charge in [-0.25, -0.2) is 4.39 Å². The Kier molecular flexibility index (Phi) is 2.88. The van der Waals surface area contributed by atoms with Gasteiger partial charge in [0.25, 0.3) is 0 Å². The van der Waals surface area contributed by atoms with Gasteiger partial charge in [-0.05, 0) is 17.7 Å². The van der Waals surface area contributed by atoms with Crippen LogP contribution in [0.4, 0.5) is 10.1 Å². The molecule has 0 aromatic heterocycles. The van der Waals surface area contributed by atoms with Crippen molar-refractivity contribution in [3.05, 3.63) is 65.5 Å². The molecular formula is C13H13FN2. The minimum Gasteiger partial charge on any atom is -0.398 e. The van der Waals surface area contributed by atoms with Gasteiger partial charge in [0.2, 0.25) is 0 Å². The van der Waals surface area contributed by atoms with Crippen LogP contribution in [0.15, 0.2) is 48.5 Å². The molecule has 0 aliphatic carbocycles. The van der Waals surface area contributed by atoms with Crippen molar-refractivity contribution in [3.63, 3.8) is 0 Å². The van der Waals surface area contributed by atoms with Crippen molar-refractivity contribution in [1.82, 2.24) is 0 Å². The average Bonchev–Trinajstić information content (AvgIpc) is 2.30. The molecule has 0 aliphatic rings. The van der Waals surface area contributed by atoms with Crippen molar-refractivity contribution in [1.29, 1.82) is 0 Å². The van der Waals surface area contributed by atoms with Crippen LogP contribution >= 0.6 is 0 Å². The Balaban J connectivity index is 2.46. The van der Waals surface area contributed by atoms with E-state index in [2.05, 4.69) is 0 Å². The van der Waals surface area contributed by atoms with Crippen LogP contribution in [0.5, 0.6) is 0 Å². The van der Waals surface area contributed by atoms with Crippen LogP contribution in [-0.4, -0.2) is 0 Å². The summed E-state index contributed by atoms with van der Waals surface area (Å²) in [6.07, 6.45) is 0. The highest BCUT2D eigenvalue weighted by molar-refractivity contribution is 5.51. The van der Waals surface area contributed by atoms with Gasteiger partial charge in [0, 0.05) is 11.3 Å². The number of halogens is 1. The van der Waals surface area contributed by atoms with E-state index in [0.29, 0.717) is 11.3 Å². The van der Waals surface area contributed by atoms with Gasteiger partial charge in [0.05, 0.1) is 6.04 Å². The Hall–Kier alpha value is -1.87. The molecule has 2 nitrogen and oxygen atoms in total. The molecule has 0 amide bonds. The van der Waals surface area contributed by atoms with Gasteiger partial charge in [-0.15, -0.1) is 0 Å². The summed E-state index contributed by atoms with van der Waals surface area (Å²) in [5, 5.41) is 0. The summed E-state index contributed by atoms with van der Waals surface area (Å²) in [4.78, 5) is 0. The smallest absolute Gasteiger partial charge is 0.130 e. The molecule has 0 bridgehead atoms. The Morgan fingerprint density at radius 2 is 1.62 bits per heavy atom. The third kappa shape index (κ3) is 1.90. The summed E-state index contributed by atoms with van der Waals surface area (Å²) >= 11 is 0. The molecule has 16 heavy (non-hydrogen) atoms. The molecule has 3 heteroatoms. The molecule has 82 valence electrons. The zero-order valence-electron chi connectivity index (χ0n) is 8.73. The minimum atomic E-state index is -0.526. The lowest BCUT2D eigenvalue weighted by Crippen LogP contribution is -2.15. The molecule has 2 rings (SSSR count). The first kappa shape index (κ1) is 10.6. The highest BCUT2D eigenvalue weighted by atomic mass is 19.1. The number of benzene rings is 2. The molecule has 1 unspecified atom stereocenters. The maximum atomic E-state index is 13.6. The monoisotopic (exact) mass is 216 g/mol. The average molecular weight is 216 g/mol.